The van der Waals surface area contributed by atoms with Gasteiger partial charge in [0.05, 0.1) is 0 Å². The van der Waals surface area contributed by atoms with Gasteiger partial charge in [0.2, 0.25) is 0 Å². The molecule has 0 atom stereocenters. The van der Waals surface area contributed by atoms with Gasteiger partial charge in [-0.1, -0.05) is 0 Å². The third-order valence-corrected chi connectivity index (χ3v) is 7.39. The average Bonchev–Trinajstić information content (AvgIpc) is 2.99. The van der Waals surface area contributed by atoms with Crippen LogP contribution >= 0.6 is 0 Å². The molecule has 0 bridgehead atoms. The summed E-state index contributed by atoms with van der Waals surface area (Å²) in [5.41, 5.74) is 1.65. The zero-order valence-corrected chi connectivity index (χ0v) is 17.0. The molecule has 26 heavy (non-hydrogen) atoms. The minimum absolute atomic E-state index is 0.00729. The minimum atomic E-state index is -0.823. The van der Waals surface area contributed by atoms with E-state index >= 15 is 0 Å². The zero-order valence-electron chi connectivity index (χ0n) is 15.2. The summed E-state index contributed by atoms with van der Waals surface area (Å²) in [5, 5.41) is 13.3. The fourth-order valence-electron chi connectivity index (χ4n) is 3.30. The number of likely N-dealkylation sites (N-methyl/N-ethyl adjacent to an activating group) is 1. The number of benzene rings is 1. The molecule has 1 aromatic carbocycles. The first-order chi connectivity index (χ1) is 12.5. The van der Waals surface area contributed by atoms with Gasteiger partial charge in [0.15, 0.2) is 0 Å². The van der Waals surface area contributed by atoms with Gasteiger partial charge in [-0.05, 0) is 7.05 Å². The van der Waals surface area contributed by atoms with E-state index in [0.717, 1.165) is 53.6 Å². The van der Waals surface area contributed by atoms with Crippen molar-refractivity contribution < 1.29 is 14.7 Å². The maximum atomic E-state index is 12.3. The molecule has 0 spiro atoms. The predicted octanol–water partition coefficient (Wildman–Crippen LogP) is 1.73. The molecule has 1 aromatic heterocycles. The van der Waals surface area contributed by atoms with Crippen LogP contribution in [0.5, 0.6) is 0 Å². The zero-order chi connectivity index (χ0) is 18.7. The van der Waals surface area contributed by atoms with E-state index in [1.54, 1.807) is 0 Å². The number of anilines is 1. The normalized spacial score (nSPS) is 16.1. The first-order valence-corrected chi connectivity index (χ1v) is 10.7. The van der Waals surface area contributed by atoms with Crippen molar-refractivity contribution in [2.45, 2.75) is 19.8 Å². The Bertz CT molecular complexity index is 810. The number of carboxylic acids is 1. The van der Waals surface area contributed by atoms with Gasteiger partial charge in [0.25, 0.3) is 0 Å². The van der Waals surface area contributed by atoms with E-state index < -0.39 is 5.97 Å². The number of hydrogen-bond donors (Lipinski definition) is 2. The quantitative estimate of drug-likeness (QED) is 0.694. The van der Waals surface area contributed by atoms with Crippen molar-refractivity contribution in [2.75, 3.05) is 45.1 Å². The number of carboxylic acid groups (broad SMARTS) is 1. The number of nitrogens with one attached hydrogen (secondary N) is 1. The van der Waals surface area contributed by atoms with Crippen LogP contribution in [0.2, 0.25) is 0 Å². The predicted molar refractivity (Wildman–Crippen MR) is 104 cm³/mol. The molecular formula is C19H25N3O3Se. The molecule has 140 valence electrons. The van der Waals surface area contributed by atoms with Crippen molar-refractivity contribution in [1.82, 2.24) is 9.80 Å². The van der Waals surface area contributed by atoms with E-state index in [4.69, 9.17) is 0 Å². The van der Waals surface area contributed by atoms with Crippen molar-refractivity contribution in [2.24, 2.45) is 0 Å². The first kappa shape index (κ1) is 19.1. The Kier molecular flexibility index (Phi) is 6.14. The van der Waals surface area contributed by atoms with Crippen LogP contribution in [0.1, 0.15) is 28.1 Å². The van der Waals surface area contributed by atoms with E-state index in [1.165, 1.54) is 0 Å². The molecule has 0 unspecified atom stereocenters. The molecule has 2 N–H and O–H groups in total. The van der Waals surface area contributed by atoms with Gasteiger partial charge >= 0.3 is 152 Å². The van der Waals surface area contributed by atoms with Crippen LogP contribution < -0.4 is 5.32 Å². The van der Waals surface area contributed by atoms with E-state index in [-0.39, 0.29) is 20.4 Å². The second kappa shape index (κ2) is 8.35. The van der Waals surface area contributed by atoms with Crippen molar-refractivity contribution in [3.63, 3.8) is 0 Å². The summed E-state index contributed by atoms with van der Waals surface area (Å²) in [7, 11) is 2.12. The number of carbonyl (C=O) groups excluding carboxylic acids is 1. The summed E-state index contributed by atoms with van der Waals surface area (Å²) in [4.78, 5) is 28.4. The van der Waals surface area contributed by atoms with Gasteiger partial charge in [0.1, 0.15) is 0 Å². The standard InChI is InChI=1S/C19H25N3O3Se/c1-3-14-15-12-13(4-5-16(15)26-18(14)19(24)25)20-17(23)6-7-22-10-8-21(2)9-11-22/h4-5,12H,3,6-11H2,1-2H3,(H,20,23)(H,24,25). The Balaban J connectivity index is 1.64. The molecule has 6 nitrogen and oxygen atoms in total. The Morgan fingerprint density at radius 3 is 2.62 bits per heavy atom. The number of aryl methyl sites for hydroxylation is 1. The van der Waals surface area contributed by atoms with E-state index in [2.05, 4.69) is 22.2 Å². The third-order valence-electron chi connectivity index (χ3n) is 4.87. The number of aromatic carboxylic acids is 1. The van der Waals surface area contributed by atoms with Gasteiger partial charge in [-0.25, -0.2) is 0 Å². The van der Waals surface area contributed by atoms with Crippen LogP contribution in [0.15, 0.2) is 18.2 Å². The van der Waals surface area contributed by atoms with Crippen LogP contribution in [-0.4, -0.2) is 81.1 Å². The molecular weight excluding hydrogens is 397 g/mol. The number of carbonyl (C=O) groups is 2. The molecule has 1 aliphatic rings. The average molecular weight is 422 g/mol. The first-order valence-electron chi connectivity index (χ1n) is 8.97. The molecule has 7 heteroatoms. The van der Waals surface area contributed by atoms with Crippen molar-refractivity contribution >= 4 is 41.7 Å². The molecule has 0 saturated carbocycles. The Hall–Kier alpha value is -1.66. The van der Waals surface area contributed by atoms with Crippen molar-refractivity contribution in [3.05, 3.63) is 28.2 Å². The van der Waals surface area contributed by atoms with Crippen LogP contribution in [0.25, 0.3) is 9.65 Å². The van der Waals surface area contributed by atoms with Crippen LogP contribution in [0, 0.1) is 0 Å². The third kappa shape index (κ3) is 4.35. The van der Waals surface area contributed by atoms with E-state index in [0.29, 0.717) is 17.3 Å². The molecule has 1 saturated heterocycles. The van der Waals surface area contributed by atoms with Gasteiger partial charge < -0.3 is 0 Å². The van der Waals surface area contributed by atoms with Crippen molar-refractivity contribution in [1.29, 1.82) is 0 Å². The molecule has 1 amide bonds. The Morgan fingerprint density at radius 2 is 1.96 bits per heavy atom. The summed E-state index contributed by atoms with van der Waals surface area (Å²) in [6.07, 6.45) is 1.17. The Labute approximate surface area is 159 Å². The molecule has 2 heterocycles. The van der Waals surface area contributed by atoms with Crippen LogP contribution in [-0.2, 0) is 11.2 Å². The topological polar surface area (TPSA) is 72.9 Å². The molecule has 1 fully saturated rings. The number of fused-ring (bicyclic) bond motifs is 1. The fraction of sp³-hybridized carbons (Fsp3) is 0.474. The van der Waals surface area contributed by atoms with Gasteiger partial charge in [0, 0.05) is 0 Å². The fourth-order valence-corrected chi connectivity index (χ4v) is 5.64. The summed E-state index contributed by atoms with van der Waals surface area (Å²) in [6, 6.07) is 5.77. The number of nitrogens with zero attached hydrogens (tertiary/aromatic N) is 2. The molecule has 1 aliphatic heterocycles. The SMILES string of the molecule is CCc1c(C(=O)O)[se]c2ccc(NC(=O)CCN3CCN(C)CC3)cc12. The number of hydrogen-bond acceptors (Lipinski definition) is 4. The Morgan fingerprint density at radius 1 is 1.23 bits per heavy atom. The molecule has 3 rings (SSSR count). The van der Waals surface area contributed by atoms with Gasteiger partial charge in [-0.2, -0.15) is 0 Å². The van der Waals surface area contributed by atoms with Crippen molar-refractivity contribution in [3.8, 4) is 0 Å². The number of amides is 1. The van der Waals surface area contributed by atoms with Crippen LogP contribution in [0.4, 0.5) is 5.69 Å². The molecule has 2 aromatic rings. The number of piperazine rings is 1. The second-order valence-corrected chi connectivity index (χ2v) is 8.93. The van der Waals surface area contributed by atoms with E-state index in [1.807, 2.05) is 25.1 Å². The molecule has 0 radical (unpaired) electrons. The summed E-state index contributed by atoms with van der Waals surface area (Å²) in [5.74, 6) is -0.816. The van der Waals surface area contributed by atoms with Crippen LogP contribution in [0.3, 0.4) is 0 Å². The number of rotatable bonds is 6. The van der Waals surface area contributed by atoms with Gasteiger partial charge in [-0.3, -0.25) is 0 Å². The van der Waals surface area contributed by atoms with Gasteiger partial charge in [-0.15, -0.1) is 0 Å². The molecule has 0 aliphatic carbocycles. The summed E-state index contributed by atoms with van der Waals surface area (Å²) >= 11 is -0.156. The maximum absolute atomic E-state index is 12.3. The summed E-state index contributed by atoms with van der Waals surface area (Å²) < 4.78 is 1.62. The summed E-state index contributed by atoms with van der Waals surface area (Å²) in [6.45, 7) is 6.86. The van der Waals surface area contributed by atoms with E-state index in [9.17, 15) is 14.7 Å². The second-order valence-electron chi connectivity index (χ2n) is 6.72. The monoisotopic (exact) mass is 423 g/mol.